The fraction of sp³-hybridized carbons (Fsp3) is 0.444. The molecule has 6 heteroatoms. The summed E-state index contributed by atoms with van der Waals surface area (Å²) in [5.41, 5.74) is 0. The van der Waals surface area contributed by atoms with Gasteiger partial charge >= 0.3 is 5.97 Å². The minimum absolute atomic E-state index is 0.259. The fourth-order valence-corrected chi connectivity index (χ4v) is 3.26. The van der Waals surface area contributed by atoms with Crippen molar-refractivity contribution in [2.75, 3.05) is 13.2 Å². The molecule has 0 saturated carbocycles. The van der Waals surface area contributed by atoms with Crippen LogP contribution in [-0.2, 0) is 16.1 Å². The highest BCUT2D eigenvalue weighted by molar-refractivity contribution is 14.1. The molecule has 1 aliphatic rings. The molecule has 0 amide bonds. The molecule has 82 valence electrons. The number of rotatable bonds is 2. The fourth-order valence-electron chi connectivity index (χ4n) is 1.23. The molecule has 2 rings (SSSR count). The van der Waals surface area contributed by atoms with Crippen molar-refractivity contribution in [3.63, 3.8) is 0 Å². The normalized spacial score (nSPS) is 13.7. The van der Waals surface area contributed by atoms with E-state index in [9.17, 15) is 4.79 Å². The summed E-state index contributed by atoms with van der Waals surface area (Å²) in [6.07, 6.45) is 0. The molecule has 15 heavy (non-hydrogen) atoms. The standard InChI is InChI=1S/C9H9IO4S/c1-5(11)14-4-6-7-8(9(10)15-6)13-3-2-12-7/h2-4H2,1H3. The smallest absolute Gasteiger partial charge is 0.302 e. The van der Waals surface area contributed by atoms with Crippen molar-refractivity contribution in [2.24, 2.45) is 0 Å². The topological polar surface area (TPSA) is 44.8 Å². The van der Waals surface area contributed by atoms with Crippen LogP contribution in [0.5, 0.6) is 11.5 Å². The molecule has 0 aliphatic carbocycles. The highest BCUT2D eigenvalue weighted by Gasteiger charge is 2.23. The molecule has 1 aliphatic heterocycles. The molecule has 1 aromatic rings. The van der Waals surface area contributed by atoms with Crippen molar-refractivity contribution < 1.29 is 19.0 Å². The predicted octanol–water partition coefficient (Wildman–Crippen LogP) is 2.19. The third kappa shape index (κ3) is 2.36. The zero-order valence-corrected chi connectivity index (χ0v) is 11.0. The van der Waals surface area contributed by atoms with Gasteiger partial charge in [0.25, 0.3) is 0 Å². The molecule has 0 fully saturated rings. The van der Waals surface area contributed by atoms with Gasteiger partial charge in [-0.25, -0.2) is 0 Å². The van der Waals surface area contributed by atoms with Crippen molar-refractivity contribution in [2.45, 2.75) is 13.5 Å². The number of hydrogen-bond donors (Lipinski definition) is 0. The van der Waals surface area contributed by atoms with Gasteiger partial charge in [-0.3, -0.25) is 4.79 Å². The van der Waals surface area contributed by atoms with Crippen molar-refractivity contribution in [1.29, 1.82) is 0 Å². The molecule has 0 unspecified atom stereocenters. The largest absolute Gasteiger partial charge is 0.485 e. The van der Waals surface area contributed by atoms with Gasteiger partial charge < -0.3 is 14.2 Å². The van der Waals surface area contributed by atoms with Crippen LogP contribution >= 0.6 is 33.9 Å². The Balaban J connectivity index is 2.20. The van der Waals surface area contributed by atoms with Crippen LogP contribution in [0.15, 0.2) is 0 Å². The van der Waals surface area contributed by atoms with E-state index < -0.39 is 0 Å². The van der Waals surface area contributed by atoms with Crippen molar-refractivity contribution >= 4 is 39.9 Å². The van der Waals surface area contributed by atoms with Crippen LogP contribution < -0.4 is 9.47 Å². The number of hydrogen-bond acceptors (Lipinski definition) is 5. The van der Waals surface area contributed by atoms with E-state index in [-0.39, 0.29) is 12.6 Å². The average Bonchev–Trinajstić information content (AvgIpc) is 2.54. The summed E-state index contributed by atoms with van der Waals surface area (Å²) in [7, 11) is 0. The average molecular weight is 340 g/mol. The summed E-state index contributed by atoms with van der Waals surface area (Å²) in [4.78, 5) is 11.6. The van der Waals surface area contributed by atoms with Crippen LogP contribution in [0.2, 0.25) is 0 Å². The van der Waals surface area contributed by atoms with Crippen molar-refractivity contribution in [1.82, 2.24) is 0 Å². The molecule has 0 atom stereocenters. The van der Waals surface area contributed by atoms with Gasteiger partial charge in [0, 0.05) is 6.92 Å². The lowest BCUT2D eigenvalue weighted by atomic mass is 10.4. The molecule has 0 bridgehead atoms. The molecule has 0 aromatic carbocycles. The molecule has 0 saturated heterocycles. The Hall–Kier alpha value is -0.500. The molecule has 0 radical (unpaired) electrons. The first-order valence-corrected chi connectivity index (χ1v) is 6.28. The summed E-state index contributed by atoms with van der Waals surface area (Å²) in [6, 6.07) is 0. The minimum atomic E-state index is -0.288. The van der Waals surface area contributed by atoms with E-state index >= 15 is 0 Å². The van der Waals surface area contributed by atoms with E-state index in [0.717, 1.165) is 19.3 Å². The first kappa shape index (κ1) is 11.0. The van der Waals surface area contributed by atoms with E-state index in [1.54, 1.807) is 0 Å². The van der Waals surface area contributed by atoms with Crippen molar-refractivity contribution in [3.05, 3.63) is 7.76 Å². The van der Waals surface area contributed by atoms with Crippen LogP contribution in [0, 0.1) is 2.88 Å². The number of fused-ring (bicyclic) bond motifs is 1. The lowest BCUT2D eigenvalue weighted by Crippen LogP contribution is -2.15. The quantitative estimate of drug-likeness (QED) is 0.612. The first-order chi connectivity index (χ1) is 7.18. The molecule has 0 spiro atoms. The maximum Gasteiger partial charge on any atom is 0.302 e. The molecule has 4 nitrogen and oxygen atoms in total. The van der Waals surface area contributed by atoms with E-state index in [2.05, 4.69) is 22.6 Å². The summed E-state index contributed by atoms with van der Waals surface area (Å²) in [5.74, 6) is 1.23. The number of carbonyl (C=O) groups excluding carboxylic acids is 1. The second kappa shape index (κ2) is 4.56. The van der Waals surface area contributed by atoms with Gasteiger partial charge in [0.2, 0.25) is 0 Å². The van der Waals surface area contributed by atoms with Crippen molar-refractivity contribution in [3.8, 4) is 11.5 Å². The second-order valence-electron chi connectivity index (χ2n) is 2.93. The number of carbonyl (C=O) groups is 1. The predicted molar refractivity (Wildman–Crippen MR) is 63.5 cm³/mol. The Morgan fingerprint density at radius 3 is 2.80 bits per heavy atom. The Labute approximate surface area is 105 Å². The summed E-state index contributed by atoms with van der Waals surface area (Å²) in [6.45, 7) is 2.77. The Morgan fingerprint density at radius 1 is 1.47 bits per heavy atom. The lowest BCUT2D eigenvalue weighted by molar-refractivity contribution is -0.142. The van der Waals surface area contributed by atoms with Crippen LogP contribution in [0.4, 0.5) is 0 Å². The number of thiophene rings is 1. The molecule has 2 heterocycles. The Kier molecular flexibility index (Phi) is 3.35. The van der Waals surface area contributed by atoms with E-state index in [1.807, 2.05) is 0 Å². The van der Waals surface area contributed by atoms with E-state index in [4.69, 9.17) is 14.2 Å². The van der Waals surface area contributed by atoms with Gasteiger partial charge in [-0.1, -0.05) is 0 Å². The highest BCUT2D eigenvalue weighted by atomic mass is 127. The molecule has 0 N–H and O–H groups in total. The van der Waals surface area contributed by atoms with Gasteiger partial charge in [-0.2, -0.15) is 0 Å². The number of esters is 1. The highest BCUT2D eigenvalue weighted by Crippen LogP contribution is 2.44. The number of halogens is 1. The SMILES string of the molecule is CC(=O)OCc1sc(I)c2c1OCCO2. The maximum atomic E-state index is 10.7. The Bertz CT molecular complexity index is 388. The van der Waals surface area contributed by atoms with Gasteiger partial charge in [-0.05, 0) is 22.6 Å². The van der Waals surface area contributed by atoms with Gasteiger partial charge in [0.15, 0.2) is 11.5 Å². The molecular weight excluding hydrogens is 331 g/mol. The minimum Gasteiger partial charge on any atom is -0.485 e. The van der Waals surface area contributed by atoms with Gasteiger partial charge in [-0.15, -0.1) is 11.3 Å². The monoisotopic (exact) mass is 340 g/mol. The van der Waals surface area contributed by atoms with Crippen LogP contribution in [0.3, 0.4) is 0 Å². The Morgan fingerprint density at radius 2 is 2.13 bits per heavy atom. The molecular formula is C9H9IO4S. The molecule has 1 aromatic heterocycles. The van der Waals surface area contributed by atoms with E-state index in [1.165, 1.54) is 18.3 Å². The number of ether oxygens (including phenoxy) is 3. The first-order valence-electron chi connectivity index (χ1n) is 4.38. The maximum absolute atomic E-state index is 10.7. The second-order valence-corrected chi connectivity index (χ2v) is 5.85. The van der Waals surface area contributed by atoms with Gasteiger partial charge in [0.1, 0.15) is 22.7 Å². The van der Waals surface area contributed by atoms with Crippen LogP contribution in [0.1, 0.15) is 11.8 Å². The summed E-state index contributed by atoms with van der Waals surface area (Å²) < 4.78 is 16.9. The van der Waals surface area contributed by atoms with Crippen LogP contribution in [0.25, 0.3) is 0 Å². The lowest BCUT2D eigenvalue weighted by Gasteiger charge is -2.16. The summed E-state index contributed by atoms with van der Waals surface area (Å²) in [5, 5.41) is 0. The third-order valence-electron chi connectivity index (χ3n) is 1.83. The summed E-state index contributed by atoms with van der Waals surface area (Å²) >= 11 is 3.73. The van der Waals surface area contributed by atoms with E-state index in [0.29, 0.717) is 13.2 Å². The van der Waals surface area contributed by atoms with Gasteiger partial charge in [0.05, 0.1) is 4.88 Å². The van der Waals surface area contributed by atoms with Crippen LogP contribution in [-0.4, -0.2) is 19.2 Å². The zero-order valence-electron chi connectivity index (χ0n) is 8.04. The third-order valence-corrected chi connectivity index (χ3v) is 3.90. The zero-order chi connectivity index (χ0) is 10.8.